The minimum atomic E-state index is -1.24. The van der Waals surface area contributed by atoms with Crippen LogP contribution in [0.1, 0.15) is 20.7 Å². The first-order valence-corrected chi connectivity index (χ1v) is 8.83. The van der Waals surface area contributed by atoms with Crippen molar-refractivity contribution >= 4 is 40.8 Å². The number of aromatic amines is 1. The summed E-state index contributed by atoms with van der Waals surface area (Å²) in [6.45, 7) is 0. The molecule has 1 heterocycles. The monoisotopic (exact) mass is 433 g/mol. The van der Waals surface area contributed by atoms with Gasteiger partial charge in [-0.05, 0) is 30.3 Å². The van der Waals surface area contributed by atoms with E-state index in [0.29, 0.717) is 10.6 Å². The molecule has 0 unspecified atom stereocenters. The van der Waals surface area contributed by atoms with Gasteiger partial charge in [-0.3, -0.25) is 9.59 Å². The van der Waals surface area contributed by atoms with Gasteiger partial charge >= 0.3 is 5.97 Å². The first kappa shape index (κ1) is 20.4. The second-order valence-electron chi connectivity index (χ2n) is 5.77. The fraction of sp³-hybridized carbons (Fsp3) is 0.0526. The summed E-state index contributed by atoms with van der Waals surface area (Å²) in [6.07, 6.45) is 1.13. The molecule has 0 aliphatic heterocycles. The van der Waals surface area contributed by atoms with Gasteiger partial charge in [0.1, 0.15) is 22.7 Å². The number of carboxylic acid groups (broad SMARTS) is 1. The number of hydrogen-bond donors (Lipinski definition) is 3. The number of ether oxygens (including phenoxy) is 1. The van der Waals surface area contributed by atoms with Crippen LogP contribution in [-0.4, -0.2) is 34.1 Å². The summed E-state index contributed by atoms with van der Waals surface area (Å²) < 4.78 is 5.01. The fourth-order valence-electron chi connectivity index (χ4n) is 2.49. The molecule has 0 radical (unpaired) electrons. The van der Waals surface area contributed by atoms with Crippen molar-refractivity contribution in [3.8, 4) is 17.1 Å². The highest BCUT2D eigenvalue weighted by Crippen LogP contribution is 2.31. The van der Waals surface area contributed by atoms with Crippen LogP contribution < -0.4 is 15.6 Å². The standard InChI is InChI=1S/C19H13Cl2N3O5/c1-29-15-7-14(13(21)6-11(15)19(27)28)23-17(25)12-8-22-16(24-18(12)26)9-2-4-10(20)5-3-9/h2-8H,1H3,(H,23,25)(H,27,28)(H,22,24,26). The van der Waals surface area contributed by atoms with Crippen molar-refractivity contribution in [2.24, 2.45) is 0 Å². The van der Waals surface area contributed by atoms with Crippen LogP contribution in [0.25, 0.3) is 11.4 Å². The van der Waals surface area contributed by atoms with E-state index >= 15 is 0 Å². The SMILES string of the molecule is COc1cc(NC(=O)c2cnc(-c3ccc(Cl)cc3)[nH]c2=O)c(Cl)cc1C(=O)O. The molecular formula is C19H13Cl2N3O5. The van der Waals surface area contributed by atoms with Gasteiger partial charge in [-0.1, -0.05) is 23.2 Å². The molecule has 0 bridgehead atoms. The number of rotatable bonds is 5. The third-order valence-electron chi connectivity index (χ3n) is 3.93. The Morgan fingerprint density at radius 3 is 2.41 bits per heavy atom. The van der Waals surface area contributed by atoms with Gasteiger partial charge in [-0.2, -0.15) is 0 Å². The first-order chi connectivity index (χ1) is 13.8. The van der Waals surface area contributed by atoms with Crippen LogP contribution in [-0.2, 0) is 0 Å². The van der Waals surface area contributed by atoms with Crippen LogP contribution >= 0.6 is 23.2 Å². The van der Waals surface area contributed by atoms with Crippen molar-refractivity contribution in [1.82, 2.24) is 9.97 Å². The molecule has 10 heteroatoms. The molecule has 8 nitrogen and oxygen atoms in total. The molecule has 0 fully saturated rings. The maximum Gasteiger partial charge on any atom is 0.339 e. The average Bonchev–Trinajstić information content (AvgIpc) is 2.69. The van der Waals surface area contributed by atoms with E-state index in [2.05, 4.69) is 15.3 Å². The summed E-state index contributed by atoms with van der Waals surface area (Å²) in [7, 11) is 1.28. The largest absolute Gasteiger partial charge is 0.496 e. The van der Waals surface area contributed by atoms with Crippen molar-refractivity contribution in [3.05, 3.63) is 74.1 Å². The van der Waals surface area contributed by atoms with Gasteiger partial charge < -0.3 is 20.1 Å². The molecule has 0 spiro atoms. The third kappa shape index (κ3) is 4.39. The summed E-state index contributed by atoms with van der Waals surface area (Å²) in [5.74, 6) is -1.73. The predicted molar refractivity (Wildman–Crippen MR) is 108 cm³/mol. The molecule has 0 atom stereocenters. The molecule has 1 aromatic heterocycles. The van der Waals surface area contributed by atoms with Gasteiger partial charge in [-0.25, -0.2) is 9.78 Å². The quantitative estimate of drug-likeness (QED) is 0.563. The molecule has 0 saturated heterocycles. The highest BCUT2D eigenvalue weighted by molar-refractivity contribution is 6.34. The van der Waals surface area contributed by atoms with Crippen LogP contribution in [0.15, 0.2) is 47.4 Å². The van der Waals surface area contributed by atoms with E-state index in [4.69, 9.17) is 33.0 Å². The number of carbonyl (C=O) groups excluding carboxylic acids is 1. The number of aromatic carboxylic acids is 1. The number of nitrogens with zero attached hydrogens (tertiary/aromatic N) is 1. The number of benzene rings is 2. The molecule has 29 heavy (non-hydrogen) atoms. The zero-order chi connectivity index (χ0) is 21.1. The van der Waals surface area contributed by atoms with Crippen LogP contribution in [0.3, 0.4) is 0 Å². The van der Waals surface area contributed by atoms with Crippen molar-refractivity contribution in [1.29, 1.82) is 0 Å². The Labute approximate surface area is 174 Å². The second-order valence-corrected chi connectivity index (χ2v) is 6.62. The molecule has 3 N–H and O–H groups in total. The Morgan fingerprint density at radius 1 is 1.14 bits per heavy atom. The van der Waals surface area contributed by atoms with E-state index in [9.17, 15) is 14.4 Å². The number of carbonyl (C=O) groups is 2. The molecule has 0 aliphatic rings. The summed E-state index contributed by atoms with van der Waals surface area (Å²) in [4.78, 5) is 42.7. The maximum absolute atomic E-state index is 12.5. The van der Waals surface area contributed by atoms with Gasteiger partial charge in [0.05, 0.1) is 17.8 Å². The summed E-state index contributed by atoms with van der Waals surface area (Å²) >= 11 is 11.9. The van der Waals surface area contributed by atoms with Crippen molar-refractivity contribution in [2.45, 2.75) is 0 Å². The van der Waals surface area contributed by atoms with E-state index in [1.165, 1.54) is 13.2 Å². The van der Waals surface area contributed by atoms with Crippen LogP contribution in [0.2, 0.25) is 10.0 Å². The Balaban J connectivity index is 1.89. The summed E-state index contributed by atoms with van der Waals surface area (Å²) in [5, 5.41) is 12.1. The molecule has 2 aromatic carbocycles. The number of methoxy groups -OCH3 is 1. The van der Waals surface area contributed by atoms with Crippen molar-refractivity contribution < 1.29 is 19.4 Å². The number of aromatic nitrogens is 2. The number of H-pyrrole nitrogens is 1. The lowest BCUT2D eigenvalue weighted by atomic mass is 10.1. The van der Waals surface area contributed by atoms with Gasteiger partial charge in [-0.15, -0.1) is 0 Å². The van der Waals surface area contributed by atoms with E-state index < -0.39 is 17.4 Å². The predicted octanol–water partition coefficient (Wildman–Crippen LogP) is 3.70. The van der Waals surface area contributed by atoms with Crippen molar-refractivity contribution in [3.63, 3.8) is 0 Å². The number of hydrogen-bond acceptors (Lipinski definition) is 5. The van der Waals surface area contributed by atoms with Gasteiger partial charge in [0, 0.05) is 22.8 Å². The van der Waals surface area contributed by atoms with Crippen LogP contribution in [0.4, 0.5) is 5.69 Å². The Morgan fingerprint density at radius 2 is 1.83 bits per heavy atom. The smallest absolute Gasteiger partial charge is 0.339 e. The Bertz CT molecular complexity index is 1160. The highest BCUT2D eigenvalue weighted by atomic mass is 35.5. The van der Waals surface area contributed by atoms with E-state index in [-0.39, 0.29) is 33.4 Å². The molecule has 0 saturated carbocycles. The number of nitrogens with one attached hydrogen (secondary N) is 2. The minimum absolute atomic E-state index is 0.00215. The third-order valence-corrected chi connectivity index (χ3v) is 4.49. The van der Waals surface area contributed by atoms with Crippen LogP contribution in [0.5, 0.6) is 5.75 Å². The highest BCUT2D eigenvalue weighted by Gasteiger charge is 2.18. The minimum Gasteiger partial charge on any atom is -0.496 e. The Hall–Kier alpha value is -3.36. The lowest BCUT2D eigenvalue weighted by Gasteiger charge is -2.11. The number of anilines is 1. The summed E-state index contributed by atoms with van der Waals surface area (Å²) in [5.41, 5.74) is -0.370. The average molecular weight is 434 g/mol. The number of amides is 1. The molecule has 0 aliphatic carbocycles. The Kier molecular flexibility index (Phi) is 5.86. The van der Waals surface area contributed by atoms with Crippen molar-refractivity contribution in [2.75, 3.05) is 12.4 Å². The lowest BCUT2D eigenvalue weighted by Crippen LogP contribution is -2.24. The lowest BCUT2D eigenvalue weighted by molar-refractivity contribution is 0.0693. The fourth-order valence-corrected chi connectivity index (χ4v) is 2.82. The number of halogens is 2. The number of carboxylic acids is 1. The van der Waals surface area contributed by atoms with Gasteiger partial charge in [0.2, 0.25) is 0 Å². The van der Waals surface area contributed by atoms with E-state index in [1.807, 2.05) is 0 Å². The maximum atomic E-state index is 12.5. The second kappa shape index (κ2) is 8.34. The summed E-state index contributed by atoms with van der Waals surface area (Å²) in [6, 6.07) is 9.05. The van der Waals surface area contributed by atoms with Crippen LogP contribution in [0, 0.1) is 0 Å². The van der Waals surface area contributed by atoms with E-state index in [0.717, 1.165) is 12.3 Å². The first-order valence-electron chi connectivity index (χ1n) is 8.07. The van der Waals surface area contributed by atoms with Gasteiger partial charge in [0.15, 0.2) is 0 Å². The van der Waals surface area contributed by atoms with E-state index in [1.54, 1.807) is 24.3 Å². The molecular weight excluding hydrogens is 421 g/mol. The molecule has 3 aromatic rings. The topological polar surface area (TPSA) is 121 Å². The van der Waals surface area contributed by atoms with Gasteiger partial charge in [0.25, 0.3) is 11.5 Å². The molecule has 148 valence electrons. The molecule has 1 amide bonds. The normalized spacial score (nSPS) is 10.4. The molecule has 3 rings (SSSR count). The zero-order valence-corrected chi connectivity index (χ0v) is 16.3. The zero-order valence-electron chi connectivity index (χ0n) is 14.8.